The van der Waals surface area contributed by atoms with Crippen molar-refractivity contribution in [1.29, 1.82) is 0 Å². The normalized spacial score (nSPS) is 12.3. The number of amides is 2. The van der Waals surface area contributed by atoms with Crippen molar-refractivity contribution in [2.75, 3.05) is 23.7 Å². The smallest absolute Gasteiger partial charge is 0.242 e. The quantitative estimate of drug-likeness (QED) is 0.420. The number of rotatable bonds is 12. The third-order valence-electron chi connectivity index (χ3n) is 5.38. The Morgan fingerprint density at radius 3 is 2.00 bits per heavy atom. The van der Waals surface area contributed by atoms with Crippen LogP contribution in [-0.2, 0) is 26.2 Å². The van der Waals surface area contributed by atoms with Gasteiger partial charge in [-0.15, -0.1) is 0 Å². The first-order valence-electron chi connectivity index (χ1n) is 11.4. The molecule has 2 aromatic carbocycles. The molecule has 0 heterocycles. The lowest BCUT2D eigenvalue weighted by molar-refractivity contribution is -0.140. The summed E-state index contributed by atoms with van der Waals surface area (Å²) in [5.41, 5.74) is 1.31. The van der Waals surface area contributed by atoms with Crippen molar-refractivity contribution in [3.05, 3.63) is 64.1 Å². The summed E-state index contributed by atoms with van der Waals surface area (Å²) in [6.07, 6.45) is 1.48. The van der Waals surface area contributed by atoms with Gasteiger partial charge in [0.25, 0.3) is 0 Å². The minimum Gasteiger partial charge on any atom is -0.354 e. The average Bonchev–Trinajstić information content (AvgIpc) is 2.79. The molecule has 192 valence electrons. The Balaban J connectivity index is 2.14. The number of hydrogen-bond acceptors (Lipinski definition) is 4. The van der Waals surface area contributed by atoms with Crippen LogP contribution in [0.5, 0.6) is 0 Å². The molecule has 0 aliphatic heterocycles. The summed E-state index contributed by atoms with van der Waals surface area (Å²) in [4.78, 5) is 27.5. The third-order valence-corrected chi connectivity index (χ3v) is 7.08. The molecule has 0 fully saturated rings. The van der Waals surface area contributed by atoms with E-state index in [2.05, 4.69) is 5.32 Å². The second-order valence-electron chi connectivity index (χ2n) is 8.88. The van der Waals surface area contributed by atoms with E-state index in [1.54, 1.807) is 43.3 Å². The van der Waals surface area contributed by atoms with Crippen LogP contribution in [0.25, 0.3) is 0 Å². The van der Waals surface area contributed by atoms with Gasteiger partial charge in [-0.25, -0.2) is 8.42 Å². The van der Waals surface area contributed by atoms with Gasteiger partial charge in [0.15, 0.2) is 0 Å². The van der Waals surface area contributed by atoms with Crippen molar-refractivity contribution < 1.29 is 18.0 Å². The summed E-state index contributed by atoms with van der Waals surface area (Å²) in [5.74, 6) is -0.196. The fourth-order valence-corrected chi connectivity index (χ4v) is 4.65. The van der Waals surface area contributed by atoms with Crippen LogP contribution in [0, 0.1) is 5.92 Å². The Bertz CT molecular complexity index is 1090. The van der Waals surface area contributed by atoms with Gasteiger partial charge in [0.05, 0.1) is 11.9 Å². The van der Waals surface area contributed by atoms with Crippen LogP contribution in [-0.4, -0.2) is 50.5 Å². The summed E-state index contributed by atoms with van der Waals surface area (Å²) >= 11 is 11.9. The van der Waals surface area contributed by atoms with Gasteiger partial charge in [0.2, 0.25) is 21.8 Å². The maximum Gasteiger partial charge on any atom is 0.242 e. The van der Waals surface area contributed by atoms with E-state index in [0.717, 1.165) is 11.8 Å². The average molecular weight is 543 g/mol. The summed E-state index contributed by atoms with van der Waals surface area (Å²) < 4.78 is 26.0. The molecule has 35 heavy (non-hydrogen) atoms. The summed E-state index contributed by atoms with van der Waals surface area (Å²) in [6.45, 7) is 6.55. The first kappa shape index (κ1) is 28.9. The predicted molar refractivity (Wildman–Crippen MR) is 142 cm³/mol. The van der Waals surface area contributed by atoms with Gasteiger partial charge in [-0.05, 0) is 61.2 Å². The van der Waals surface area contributed by atoms with Gasteiger partial charge in [-0.2, -0.15) is 0 Å². The van der Waals surface area contributed by atoms with E-state index < -0.39 is 16.1 Å². The van der Waals surface area contributed by atoms with E-state index in [0.29, 0.717) is 22.3 Å². The molecule has 0 unspecified atom stereocenters. The van der Waals surface area contributed by atoms with Crippen molar-refractivity contribution >= 4 is 50.7 Å². The first-order chi connectivity index (χ1) is 16.4. The summed E-state index contributed by atoms with van der Waals surface area (Å²) in [5, 5.41) is 3.96. The zero-order chi connectivity index (χ0) is 26.2. The molecular weight excluding hydrogens is 509 g/mol. The molecule has 0 aromatic heterocycles. The highest BCUT2D eigenvalue weighted by atomic mass is 35.5. The zero-order valence-corrected chi connectivity index (χ0v) is 22.8. The molecule has 0 aliphatic rings. The lowest BCUT2D eigenvalue weighted by atomic mass is 10.1. The maximum atomic E-state index is 13.2. The molecule has 1 atom stereocenters. The molecule has 0 radical (unpaired) electrons. The van der Waals surface area contributed by atoms with Crippen LogP contribution in [0.2, 0.25) is 10.0 Å². The van der Waals surface area contributed by atoms with Crippen LogP contribution >= 0.6 is 23.2 Å². The van der Waals surface area contributed by atoms with Crippen LogP contribution in [0.4, 0.5) is 5.69 Å². The Morgan fingerprint density at radius 1 is 0.943 bits per heavy atom. The molecule has 0 aliphatic carbocycles. The lowest BCUT2D eigenvalue weighted by Crippen LogP contribution is -2.48. The molecule has 0 saturated carbocycles. The van der Waals surface area contributed by atoms with Gasteiger partial charge >= 0.3 is 0 Å². The molecule has 2 amide bonds. The van der Waals surface area contributed by atoms with E-state index in [4.69, 9.17) is 23.2 Å². The highest BCUT2D eigenvalue weighted by Crippen LogP contribution is 2.21. The Kier molecular flexibility index (Phi) is 10.9. The minimum absolute atomic E-state index is 0.0784. The fraction of sp³-hybridized carbons (Fsp3) is 0.440. The number of nitrogens with zero attached hydrogens (tertiary/aromatic N) is 2. The van der Waals surface area contributed by atoms with Gasteiger partial charge in [0, 0.05) is 36.1 Å². The molecule has 2 rings (SSSR count). The van der Waals surface area contributed by atoms with E-state index >= 15 is 0 Å². The number of benzene rings is 2. The third kappa shape index (κ3) is 9.35. The van der Waals surface area contributed by atoms with Crippen molar-refractivity contribution in [1.82, 2.24) is 10.2 Å². The van der Waals surface area contributed by atoms with Gasteiger partial charge < -0.3 is 10.2 Å². The molecule has 0 saturated heterocycles. The first-order valence-corrected chi connectivity index (χ1v) is 14.0. The Morgan fingerprint density at radius 2 is 1.49 bits per heavy atom. The standard InChI is InChI=1S/C25H33Cl2N3O4S/c1-18(2)16-28-25(32)19(3)29(17-20-7-9-21(26)10-8-20)24(31)6-5-15-30(35(4,33)34)23-13-11-22(27)12-14-23/h7-14,18-19H,5-6,15-17H2,1-4H3,(H,28,32)/t19-/m1/s1. The van der Waals surface area contributed by atoms with Crippen LogP contribution < -0.4 is 9.62 Å². The number of halogens is 2. The summed E-state index contributed by atoms with van der Waals surface area (Å²) in [6, 6.07) is 12.9. The topological polar surface area (TPSA) is 86.8 Å². The number of sulfonamides is 1. The molecule has 2 aromatic rings. The van der Waals surface area contributed by atoms with E-state index in [-0.39, 0.29) is 43.7 Å². The summed E-state index contributed by atoms with van der Waals surface area (Å²) in [7, 11) is -3.56. The molecule has 1 N–H and O–H groups in total. The molecular formula is C25H33Cl2N3O4S. The van der Waals surface area contributed by atoms with Crippen LogP contribution in [0.1, 0.15) is 39.2 Å². The number of carbonyl (C=O) groups is 2. The lowest BCUT2D eigenvalue weighted by Gasteiger charge is -2.29. The number of carbonyl (C=O) groups excluding carboxylic acids is 2. The SMILES string of the molecule is CC(C)CNC(=O)[C@@H](C)N(Cc1ccc(Cl)cc1)C(=O)CCCN(c1ccc(Cl)cc1)S(C)(=O)=O. The van der Waals surface area contributed by atoms with E-state index in [1.807, 2.05) is 26.0 Å². The minimum atomic E-state index is -3.56. The van der Waals surface area contributed by atoms with Gasteiger partial charge in [-0.1, -0.05) is 49.2 Å². The second-order valence-corrected chi connectivity index (χ2v) is 11.7. The van der Waals surface area contributed by atoms with Gasteiger partial charge in [0.1, 0.15) is 6.04 Å². The molecule has 10 heteroatoms. The van der Waals surface area contributed by atoms with E-state index in [9.17, 15) is 18.0 Å². The van der Waals surface area contributed by atoms with E-state index in [1.165, 1.54) is 9.21 Å². The van der Waals surface area contributed by atoms with Crippen molar-refractivity contribution in [3.8, 4) is 0 Å². The van der Waals surface area contributed by atoms with Crippen LogP contribution in [0.15, 0.2) is 48.5 Å². The number of nitrogens with one attached hydrogen (secondary N) is 1. The number of anilines is 1. The fourth-order valence-electron chi connectivity index (χ4n) is 3.43. The molecule has 7 nitrogen and oxygen atoms in total. The molecule has 0 spiro atoms. The van der Waals surface area contributed by atoms with Crippen molar-refractivity contribution in [3.63, 3.8) is 0 Å². The monoisotopic (exact) mass is 541 g/mol. The zero-order valence-electron chi connectivity index (χ0n) is 20.5. The van der Waals surface area contributed by atoms with Crippen molar-refractivity contribution in [2.45, 2.75) is 46.2 Å². The van der Waals surface area contributed by atoms with Crippen LogP contribution in [0.3, 0.4) is 0 Å². The Hall–Kier alpha value is -2.29. The largest absolute Gasteiger partial charge is 0.354 e. The molecule has 0 bridgehead atoms. The Labute approximate surface area is 218 Å². The second kappa shape index (κ2) is 13.1. The predicted octanol–water partition coefficient (Wildman–Crippen LogP) is 4.73. The highest BCUT2D eigenvalue weighted by Gasteiger charge is 2.26. The maximum absolute atomic E-state index is 13.2. The number of hydrogen-bond donors (Lipinski definition) is 1. The van der Waals surface area contributed by atoms with Crippen molar-refractivity contribution in [2.24, 2.45) is 5.92 Å². The van der Waals surface area contributed by atoms with Gasteiger partial charge in [-0.3, -0.25) is 13.9 Å². The highest BCUT2D eigenvalue weighted by molar-refractivity contribution is 7.92.